The van der Waals surface area contributed by atoms with Crippen LogP contribution in [0.1, 0.15) is 82.5 Å². The minimum absolute atomic E-state index is 0.0120. The van der Waals surface area contributed by atoms with Gasteiger partial charge in [-0.3, -0.25) is 57.7 Å². The molecule has 2 aliphatic heterocycles. The van der Waals surface area contributed by atoms with Crippen molar-refractivity contribution in [1.82, 2.24) is 67.7 Å². The molecule has 30 heteroatoms. The first kappa shape index (κ1) is 65.5. The van der Waals surface area contributed by atoms with E-state index in [1.807, 2.05) is 0 Å². The number of likely N-dealkylation sites (tertiary alicyclic amines) is 1. The van der Waals surface area contributed by atoms with Gasteiger partial charge in [0.25, 0.3) is 0 Å². The van der Waals surface area contributed by atoms with Crippen LogP contribution in [0.2, 0.25) is 0 Å². The standard InChI is InChI=1S/C56H77N17O13/c1-29(2)20-39(50(81)67-38(10-6-18-61-56(58)59)55(86)73-19-7-11-44(73)54(85)63-26-45(57)76)68-47(78)30(3)65-49(80)40(21-31-12-14-34(75)15-13-31)69-53(84)43(27-74)72-51(82)41(22-32-24-62-36-9-5-4-8-35(32)36)70-52(83)42(23-33-25-60-28-64-33)71-48(79)37-16-17-46(77)66-37/h4-5,8-9,12-15,24-25,28-30,37-44,62,74-75H,6-7,10-11,16-23,26-27H2,1-3H3,(H2,57,76)(H,60,64)(H,63,85)(H,65,80)(H,66,77)(H,67,81)(H,68,78)(H,69,84)(H,70,83)(H,71,79)(H,72,82)(H4,58,59,61)/t30-,37+,38+,39+,40+,41+,42+,43+,44+/m0/s1. The fraction of sp³-hybridized carbons (Fsp3) is 0.482. The molecule has 2 aromatic carbocycles. The van der Waals surface area contributed by atoms with E-state index >= 15 is 0 Å². The third-order valence-corrected chi connectivity index (χ3v) is 14.4. The number of imidazole rings is 1. The molecule has 4 heterocycles. The minimum atomic E-state index is -1.76. The second-order valence-electron chi connectivity index (χ2n) is 21.6. The molecule has 30 nitrogen and oxygen atoms in total. The van der Waals surface area contributed by atoms with E-state index < -0.39 is 127 Å². The van der Waals surface area contributed by atoms with Crippen molar-refractivity contribution < 1.29 is 63.0 Å². The molecule has 0 unspecified atom stereocenters. The topological polar surface area (TPSA) is 475 Å². The number of amides is 11. The van der Waals surface area contributed by atoms with Crippen LogP contribution in [0.3, 0.4) is 0 Å². The van der Waals surface area contributed by atoms with Crippen molar-refractivity contribution in [2.75, 3.05) is 26.2 Å². The number of aromatic nitrogens is 3. The number of nitrogens with one attached hydrogen (secondary N) is 11. The van der Waals surface area contributed by atoms with Gasteiger partial charge in [0, 0.05) is 67.8 Å². The molecule has 19 N–H and O–H groups in total. The molecule has 0 saturated carbocycles. The number of nitrogens with two attached hydrogens (primary N) is 3. The Hall–Kier alpha value is -9.61. The average Bonchev–Trinajstić information content (AvgIpc) is 4.49. The molecule has 2 aliphatic rings. The molecule has 464 valence electrons. The van der Waals surface area contributed by atoms with Crippen LogP contribution < -0.4 is 65.1 Å². The van der Waals surface area contributed by atoms with Crippen molar-refractivity contribution in [3.63, 3.8) is 0 Å². The first-order valence-electron chi connectivity index (χ1n) is 28.2. The predicted octanol–water partition coefficient (Wildman–Crippen LogP) is -4.00. The SMILES string of the molecule is CC(C)C[C@@H](NC(=O)[C@H](C)NC(=O)[C@@H](Cc1ccc(O)cc1)NC(=O)[C@@H](CO)NC(=O)[C@@H](Cc1c[nH]c2ccccc12)NC(=O)[C@@H](Cc1cnc[nH]1)NC(=O)[C@H]1CCC(=O)N1)C(=O)N[C@H](CCCN=C(N)N)C(=O)N1CCC[C@@H]1C(=O)NCC(N)=O. The van der Waals surface area contributed by atoms with Crippen molar-refractivity contribution in [3.8, 4) is 5.75 Å². The fourth-order valence-corrected chi connectivity index (χ4v) is 9.93. The summed E-state index contributed by atoms with van der Waals surface area (Å²) in [7, 11) is 0. The van der Waals surface area contributed by atoms with Crippen molar-refractivity contribution in [1.29, 1.82) is 0 Å². The Morgan fingerprint density at radius 3 is 1.99 bits per heavy atom. The Morgan fingerprint density at radius 1 is 0.721 bits per heavy atom. The van der Waals surface area contributed by atoms with Gasteiger partial charge in [0.2, 0.25) is 65.0 Å². The highest BCUT2D eigenvalue weighted by atomic mass is 16.3. The van der Waals surface area contributed by atoms with E-state index in [9.17, 15) is 63.0 Å². The van der Waals surface area contributed by atoms with Gasteiger partial charge in [-0.15, -0.1) is 0 Å². The van der Waals surface area contributed by atoms with Crippen LogP contribution >= 0.6 is 0 Å². The number of guanidine groups is 1. The Morgan fingerprint density at radius 2 is 1.35 bits per heavy atom. The van der Waals surface area contributed by atoms with Gasteiger partial charge in [0.1, 0.15) is 60.1 Å². The number of hydrogen-bond acceptors (Lipinski definition) is 15. The van der Waals surface area contributed by atoms with Gasteiger partial charge in [-0.05, 0) is 80.7 Å². The third-order valence-electron chi connectivity index (χ3n) is 14.4. The largest absolute Gasteiger partial charge is 0.508 e. The van der Waals surface area contributed by atoms with E-state index in [0.29, 0.717) is 34.1 Å². The number of phenols is 1. The summed E-state index contributed by atoms with van der Waals surface area (Å²) in [5.41, 5.74) is 18.4. The summed E-state index contributed by atoms with van der Waals surface area (Å²) in [5, 5.41) is 44.8. The van der Waals surface area contributed by atoms with Gasteiger partial charge in [0.05, 0.1) is 19.5 Å². The van der Waals surface area contributed by atoms with Gasteiger partial charge in [-0.25, -0.2) is 4.98 Å². The maximum absolute atomic E-state index is 14.5. The number of nitrogens with zero attached hydrogens (tertiary/aromatic N) is 3. The number of aromatic hydroxyl groups is 1. The maximum atomic E-state index is 14.5. The van der Waals surface area contributed by atoms with Gasteiger partial charge >= 0.3 is 0 Å². The molecule has 0 spiro atoms. The van der Waals surface area contributed by atoms with Gasteiger partial charge in [0.15, 0.2) is 5.96 Å². The van der Waals surface area contributed by atoms with Gasteiger partial charge in [-0.2, -0.15) is 0 Å². The summed E-state index contributed by atoms with van der Waals surface area (Å²) in [6.45, 7) is 3.68. The Balaban J connectivity index is 1.18. The smallest absolute Gasteiger partial charge is 0.245 e. The second kappa shape index (κ2) is 31.3. The monoisotopic (exact) mass is 1200 g/mol. The number of phenolic OH excluding ortho intramolecular Hbond substituents is 1. The highest BCUT2D eigenvalue weighted by molar-refractivity contribution is 5.99. The van der Waals surface area contributed by atoms with E-state index in [0.717, 1.165) is 0 Å². The number of rotatable bonds is 31. The van der Waals surface area contributed by atoms with Crippen LogP contribution in [-0.4, -0.2) is 182 Å². The van der Waals surface area contributed by atoms with Gasteiger partial charge < -0.3 is 90.1 Å². The lowest BCUT2D eigenvalue weighted by Gasteiger charge is -2.30. The first-order chi connectivity index (χ1) is 41.0. The number of hydrogen-bond donors (Lipinski definition) is 16. The molecule has 0 radical (unpaired) electrons. The predicted molar refractivity (Wildman–Crippen MR) is 310 cm³/mol. The number of fused-ring (bicyclic) bond motifs is 1. The van der Waals surface area contributed by atoms with E-state index in [4.69, 9.17) is 17.2 Å². The molecule has 0 aliphatic carbocycles. The van der Waals surface area contributed by atoms with Crippen LogP contribution in [0, 0.1) is 5.92 Å². The number of carbonyl (C=O) groups is 11. The highest BCUT2D eigenvalue weighted by Gasteiger charge is 2.40. The first-order valence-corrected chi connectivity index (χ1v) is 28.2. The van der Waals surface area contributed by atoms with E-state index in [2.05, 4.69) is 67.8 Å². The summed E-state index contributed by atoms with van der Waals surface area (Å²) in [4.78, 5) is 165. The molecule has 4 aromatic rings. The number of aliphatic hydroxyl groups is 1. The van der Waals surface area contributed by atoms with Crippen LogP contribution in [0.25, 0.3) is 10.9 Å². The number of H-pyrrole nitrogens is 2. The van der Waals surface area contributed by atoms with Crippen LogP contribution in [-0.2, 0) is 72.0 Å². The second-order valence-corrected chi connectivity index (χ2v) is 21.6. The summed E-state index contributed by atoms with van der Waals surface area (Å²) in [5.74, 6) is -8.88. The van der Waals surface area contributed by atoms with Crippen molar-refractivity contribution in [3.05, 3.63) is 84.1 Å². The third kappa shape index (κ3) is 19.2. The quantitative estimate of drug-likeness (QED) is 0.0130. The zero-order chi connectivity index (χ0) is 62.6. The lowest BCUT2D eigenvalue weighted by atomic mass is 10.0. The highest BCUT2D eigenvalue weighted by Crippen LogP contribution is 2.22. The molecule has 11 amide bonds. The number of aliphatic hydroxyl groups excluding tert-OH is 1. The lowest BCUT2D eigenvalue weighted by molar-refractivity contribution is -0.142. The van der Waals surface area contributed by atoms with Crippen LogP contribution in [0.15, 0.2) is 72.2 Å². The molecule has 2 aromatic heterocycles. The number of aliphatic imine (C=N–C) groups is 1. The zero-order valence-corrected chi connectivity index (χ0v) is 48.0. The number of para-hydroxylation sites is 1. The Labute approximate surface area is 494 Å². The summed E-state index contributed by atoms with van der Waals surface area (Å²) in [6.07, 6.45) is 5.22. The van der Waals surface area contributed by atoms with E-state index in [1.165, 1.54) is 48.6 Å². The fourth-order valence-electron chi connectivity index (χ4n) is 9.93. The summed E-state index contributed by atoms with van der Waals surface area (Å²) < 4.78 is 0. The van der Waals surface area contributed by atoms with Crippen molar-refractivity contribution in [2.24, 2.45) is 28.1 Å². The summed E-state index contributed by atoms with van der Waals surface area (Å²) in [6, 6.07) is 0.931. The zero-order valence-electron chi connectivity index (χ0n) is 48.0. The maximum Gasteiger partial charge on any atom is 0.245 e. The molecular weight excluding hydrogens is 1120 g/mol. The summed E-state index contributed by atoms with van der Waals surface area (Å²) >= 11 is 0. The molecular formula is C56H77N17O13. The Bertz CT molecular complexity index is 3090. The van der Waals surface area contributed by atoms with E-state index in [-0.39, 0.29) is 94.4 Å². The van der Waals surface area contributed by atoms with Crippen molar-refractivity contribution in [2.45, 2.75) is 139 Å². The molecule has 2 fully saturated rings. The van der Waals surface area contributed by atoms with E-state index in [1.54, 1.807) is 44.3 Å². The van der Waals surface area contributed by atoms with Crippen LogP contribution in [0.5, 0.6) is 5.75 Å². The number of aromatic amines is 2. The lowest BCUT2D eigenvalue weighted by Crippen LogP contribution is -2.61. The minimum Gasteiger partial charge on any atom is -0.508 e. The van der Waals surface area contributed by atoms with Crippen LogP contribution in [0.4, 0.5) is 0 Å². The number of primary amides is 1. The number of benzene rings is 2. The molecule has 0 bridgehead atoms. The molecule has 6 rings (SSSR count). The van der Waals surface area contributed by atoms with Crippen molar-refractivity contribution >= 4 is 81.8 Å². The molecule has 86 heavy (non-hydrogen) atoms. The average molecular weight is 1200 g/mol. The normalized spacial score (nSPS) is 17.1. The van der Waals surface area contributed by atoms with Gasteiger partial charge in [-0.1, -0.05) is 44.2 Å². The molecule has 9 atom stereocenters. The molecule has 2 saturated heterocycles. The number of carbonyl (C=O) groups excluding carboxylic acids is 11. The Kier molecular flexibility index (Phi) is 23.9.